The van der Waals surface area contributed by atoms with Crippen LogP contribution in [0.5, 0.6) is 0 Å². The van der Waals surface area contributed by atoms with E-state index < -0.39 is 34.5 Å². The van der Waals surface area contributed by atoms with Crippen LogP contribution in [-0.4, -0.2) is 63.4 Å². The number of fused-ring (bicyclic) bond motifs is 1. The summed E-state index contributed by atoms with van der Waals surface area (Å²) in [5, 5.41) is 27.9. The highest BCUT2D eigenvalue weighted by atomic mass is 32.2. The van der Waals surface area contributed by atoms with Crippen LogP contribution in [0.15, 0.2) is 12.7 Å². The van der Waals surface area contributed by atoms with Gasteiger partial charge < -0.3 is 20.5 Å². The van der Waals surface area contributed by atoms with Gasteiger partial charge in [-0.05, 0) is 6.42 Å². The van der Waals surface area contributed by atoms with Gasteiger partial charge in [0.1, 0.15) is 17.9 Å². The molecule has 0 aromatic carbocycles. The summed E-state index contributed by atoms with van der Waals surface area (Å²) in [5.74, 6) is -0.156. The molecule has 4 atom stereocenters. The molecule has 0 saturated heterocycles. The van der Waals surface area contributed by atoms with E-state index >= 15 is 0 Å². The molecule has 126 valence electrons. The Morgan fingerprint density at radius 3 is 2.87 bits per heavy atom. The van der Waals surface area contributed by atoms with E-state index in [0.717, 1.165) is 0 Å². The Kier molecular flexibility index (Phi) is 4.16. The number of aliphatic hydroxyl groups excluding tert-OH is 2. The predicted molar refractivity (Wildman–Crippen MR) is 78.3 cm³/mol. The molecule has 1 fully saturated rings. The van der Waals surface area contributed by atoms with E-state index in [4.69, 9.17) is 5.14 Å². The van der Waals surface area contributed by atoms with Gasteiger partial charge in [-0.25, -0.2) is 20.1 Å². The number of aromatic amines is 1. The van der Waals surface area contributed by atoms with Crippen LogP contribution < -0.4 is 10.5 Å². The van der Waals surface area contributed by atoms with Gasteiger partial charge in [0.15, 0.2) is 11.5 Å². The first-order valence-electron chi connectivity index (χ1n) is 6.79. The van der Waals surface area contributed by atoms with Crippen LogP contribution in [0.3, 0.4) is 0 Å². The SMILES string of the molecule is NS(=O)(=O)OC[C@H]1C[C@@H](Nc2ncnc3nc[nH]c23)[C@H](O)[C@@H]1O. The summed E-state index contributed by atoms with van der Waals surface area (Å²) in [6.07, 6.45) is 0.806. The fraction of sp³-hybridized carbons (Fsp3) is 0.545. The molecule has 11 nitrogen and oxygen atoms in total. The summed E-state index contributed by atoms with van der Waals surface area (Å²) in [6.45, 7) is -0.307. The van der Waals surface area contributed by atoms with Crippen molar-refractivity contribution in [3.05, 3.63) is 12.7 Å². The fourth-order valence-corrected chi connectivity index (χ4v) is 3.03. The van der Waals surface area contributed by atoms with Gasteiger partial charge in [-0.15, -0.1) is 0 Å². The molecule has 1 aliphatic rings. The van der Waals surface area contributed by atoms with Crippen molar-refractivity contribution in [2.24, 2.45) is 11.1 Å². The highest BCUT2D eigenvalue weighted by Crippen LogP contribution is 2.30. The van der Waals surface area contributed by atoms with E-state index in [0.29, 0.717) is 17.0 Å². The minimum absolute atomic E-state index is 0.275. The van der Waals surface area contributed by atoms with Crippen LogP contribution in [0.4, 0.5) is 5.82 Å². The first-order valence-corrected chi connectivity index (χ1v) is 8.26. The van der Waals surface area contributed by atoms with Gasteiger partial charge >= 0.3 is 10.3 Å². The normalized spacial score (nSPS) is 28.3. The average Bonchev–Trinajstić information content (AvgIpc) is 3.05. The predicted octanol–water partition coefficient (Wildman–Crippen LogP) is -1.90. The molecule has 23 heavy (non-hydrogen) atoms. The molecule has 2 aromatic rings. The fourth-order valence-electron chi connectivity index (χ4n) is 2.67. The Balaban J connectivity index is 1.72. The number of rotatable bonds is 5. The zero-order chi connectivity index (χ0) is 16.6. The second kappa shape index (κ2) is 5.98. The van der Waals surface area contributed by atoms with Crippen molar-refractivity contribution in [1.29, 1.82) is 0 Å². The third-order valence-electron chi connectivity index (χ3n) is 3.79. The monoisotopic (exact) mass is 344 g/mol. The molecule has 0 amide bonds. The summed E-state index contributed by atoms with van der Waals surface area (Å²) in [6, 6.07) is -0.541. The van der Waals surface area contributed by atoms with E-state index in [1.807, 2.05) is 0 Å². The summed E-state index contributed by atoms with van der Waals surface area (Å²) >= 11 is 0. The van der Waals surface area contributed by atoms with Crippen LogP contribution in [0.2, 0.25) is 0 Å². The van der Waals surface area contributed by atoms with Crippen LogP contribution in [-0.2, 0) is 14.5 Å². The number of nitrogens with two attached hydrogens (primary N) is 1. The third-order valence-corrected chi connectivity index (χ3v) is 4.26. The number of hydrogen-bond acceptors (Lipinski definition) is 9. The van der Waals surface area contributed by atoms with Gasteiger partial charge in [0.05, 0.1) is 25.1 Å². The Morgan fingerprint density at radius 1 is 1.35 bits per heavy atom. The molecule has 6 N–H and O–H groups in total. The van der Waals surface area contributed by atoms with Crippen LogP contribution in [0.1, 0.15) is 6.42 Å². The van der Waals surface area contributed by atoms with Crippen LogP contribution >= 0.6 is 0 Å². The zero-order valence-corrected chi connectivity index (χ0v) is 12.6. The number of anilines is 1. The average molecular weight is 344 g/mol. The van der Waals surface area contributed by atoms with Gasteiger partial charge in [0.25, 0.3) is 0 Å². The molecular formula is C11H16N6O5S. The van der Waals surface area contributed by atoms with Crippen molar-refractivity contribution < 1.29 is 22.8 Å². The molecule has 3 rings (SSSR count). The van der Waals surface area contributed by atoms with Gasteiger partial charge in [0, 0.05) is 5.92 Å². The molecule has 0 unspecified atom stereocenters. The van der Waals surface area contributed by atoms with Crippen molar-refractivity contribution in [3.8, 4) is 0 Å². The van der Waals surface area contributed by atoms with E-state index in [2.05, 4.69) is 29.4 Å². The van der Waals surface area contributed by atoms with Crippen molar-refractivity contribution in [1.82, 2.24) is 19.9 Å². The van der Waals surface area contributed by atoms with E-state index in [-0.39, 0.29) is 13.0 Å². The van der Waals surface area contributed by atoms with Gasteiger partial charge in [-0.3, -0.25) is 4.18 Å². The van der Waals surface area contributed by atoms with E-state index in [1.54, 1.807) is 0 Å². The molecule has 2 heterocycles. The molecule has 0 aliphatic heterocycles. The number of H-pyrrole nitrogens is 1. The lowest BCUT2D eigenvalue weighted by atomic mass is 10.1. The maximum atomic E-state index is 10.8. The van der Waals surface area contributed by atoms with Crippen LogP contribution in [0.25, 0.3) is 11.2 Å². The summed E-state index contributed by atoms with van der Waals surface area (Å²) in [7, 11) is -4.10. The first kappa shape index (κ1) is 16.0. The third kappa shape index (κ3) is 3.40. The largest absolute Gasteiger partial charge is 0.390 e. The molecule has 0 spiro atoms. The van der Waals surface area contributed by atoms with Gasteiger partial charge in [0.2, 0.25) is 0 Å². The Bertz CT molecular complexity index is 795. The van der Waals surface area contributed by atoms with Crippen LogP contribution in [0, 0.1) is 5.92 Å². The van der Waals surface area contributed by atoms with Crippen molar-refractivity contribution in [3.63, 3.8) is 0 Å². The maximum absolute atomic E-state index is 10.8. The second-order valence-electron chi connectivity index (χ2n) is 5.33. The molecule has 2 aromatic heterocycles. The highest BCUT2D eigenvalue weighted by molar-refractivity contribution is 7.84. The lowest BCUT2D eigenvalue weighted by Crippen LogP contribution is -2.36. The van der Waals surface area contributed by atoms with Gasteiger partial charge in [-0.1, -0.05) is 0 Å². The lowest BCUT2D eigenvalue weighted by Gasteiger charge is -2.18. The smallest absolute Gasteiger partial charge is 0.333 e. The van der Waals surface area contributed by atoms with Crippen molar-refractivity contribution in [2.45, 2.75) is 24.7 Å². The molecule has 1 aliphatic carbocycles. The number of aromatic nitrogens is 4. The Hall–Kier alpha value is -1.86. The molecule has 12 heteroatoms. The van der Waals surface area contributed by atoms with Crippen molar-refractivity contribution in [2.75, 3.05) is 11.9 Å². The summed E-state index contributed by atoms with van der Waals surface area (Å²) < 4.78 is 26.2. The minimum atomic E-state index is -4.10. The quantitative estimate of drug-likeness (QED) is 0.414. The lowest BCUT2D eigenvalue weighted by molar-refractivity contribution is 0.00779. The maximum Gasteiger partial charge on any atom is 0.333 e. The van der Waals surface area contributed by atoms with E-state index in [9.17, 15) is 18.6 Å². The highest BCUT2D eigenvalue weighted by Gasteiger charge is 2.42. The minimum Gasteiger partial charge on any atom is -0.390 e. The molecule has 0 radical (unpaired) electrons. The zero-order valence-electron chi connectivity index (χ0n) is 11.8. The number of hydrogen-bond donors (Lipinski definition) is 5. The van der Waals surface area contributed by atoms with E-state index in [1.165, 1.54) is 12.7 Å². The Labute approximate surface area is 131 Å². The Morgan fingerprint density at radius 2 is 2.13 bits per heavy atom. The summed E-state index contributed by atoms with van der Waals surface area (Å²) in [4.78, 5) is 14.9. The number of nitrogens with one attached hydrogen (secondary N) is 2. The number of imidazole rings is 1. The standard InChI is InChI=1S/C11H16N6O5S/c12-23(20,21)22-2-5-1-6(9(19)8(5)18)17-11-7-10(14-3-13-7)15-4-16-11/h3-6,8-9,18-19H,1-2H2,(H2,12,20,21)(H2,13,14,15,16,17)/t5-,6-,8-,9+/m1/s1. The molecule has 0 bridgehead atoms. The van der Waals surface area contributed by atoms with Crippen molar-refractivity contribution >= 4 is 27.3 Å². The molecular weight excluding hydrogens is 328 g/mol. The first-order chi connectivity index (χ1) is 10.8. The topological polar surface area (TPSA) is 176 Å². The van der Waals surface area contributed by atoms with Gasteiger partial charge in [-0.2, -0.15) is 8.42 Å². The number of nitrogens with zero attached hydrogens (tertiary/aromatic N) is 3. The number of aliphatic hydroxyl groups is 2. The molecule has 1 saturated carbocycles. The second-order valence-corrected chi connectivity index (χ2v) is 6.55. The summed E-state index contributed by atoms with van der Waals surface area (Å²) in [5.41, 5.74) is 1.03.